The van der Waals surface area contributed by atoms with E-state index in [4.69, 9.17) is 16.6 Å². The SMILES string of the molecule is Cn1cncc1C(NC(=O)NC(C)(C)C)C1=Cc2cccnc2[C@@H](N2CCN(S(C)(=O)=O)CC2)c2ccc(Cl)cc21. The molecular formula is C29H36ClN7O3S. The van der Waals surface area contributed by atoms with Crippen molar-refractivity contribution in [1.29, 1.82) is 0 Å². The van der Waals surface area contributed by atoms with Crippen molar-refractivity contribution in [2.24, 2.45) is 7.05 Å². The third-order valence-corrected chi connectivity index (χ3v) is 8.93. The molecule has 12 heteroatoms. The molecule has 1 saturated heterocycles. The maximum atomic E-state index is 13.3. The third kappa shape index (κ3) is 6.33. The molecule has 2 aliphatic rings. The Kier molecular flexibility index (Phi) is 7.99. The molecule has 1 unspecified atom stereocenters. The van der Waals surface area contributed by atoms with Crippen molar-refractivity contribution in [3.05, 3.63) is 82.2 Å². The van der Waals surface area contributed by atoms with Crippen molar-refractivity contribution in [2.75, 3.05) is 32.4 Å². The minimum atomic E-state index is -3.28. The highest BCUT2D eigenvalue weighted by molar-refractivity contribution is 7.88. The number of sulfonamides is 1. The molecule has 3 aromatic rings. The summed E-state index contributed by atoms with van der Waals surface area (Å²) >= 11 is 6.62. The van der Waals surface area contributed by atoms with E-state index in [1.807, 2.05) is 62.7 Å². The highest BCUT2D eigenvalue weighted by Gasteiger charge is 2.36. The average molecular weight is 598 g/mol. The number of piperazine rings is 1. The molecule has 0 bridgehead atoms. The van der Waals surface area contributed by atoms with Gasteiger partial charge in [-0.05, 0) is 67.3 Å². The normalized spacial score (nSPS) is 19.0. The number of fused-ring (bicyclic) bond motifs is 2. The van der Waals surface area contributed by atoms with Crippen LogP contribution in [-0.2, 0) is 17.1 Å². The number of hydrogen-bond acceptors (Lipinski definition) is 6. The summed E-state index contributed by atoms with van der Waals surface area (Å²) in [6.45, 7) is 7.68. The first kappa shape index (κ1) is 29.2. The Labute approximate surface area is 246 Å². The Balaban J connectivity index is 1.65. The lowest BCUT2D eigenvalue weighted by Gasteiger charge is -2.39. The maximum absolute atomic E-state index is 13.3. The van der Waals surface area contributed by atoms with Gasteiger partial charge in [0.15, 0.2) is 0 Å². The highest BCUT2D eigenvalue weighted by Crippen LogP contribution is 2.44. The third-order valence-electron chi connectivity index (χ3n) is 7.39. The van der Waals surface area contributed by atoms with Gasteiger partial charge in [0.1, 0.15) is 0 Å². The predicted octanol–water partition coefficient (Wildman–Crippen LogP) is 3.83. The highest BCUT2D eigenvalue weighted by atomic mass is 35.5. The van der Waals surface area contributed by atoms with Crippen molar-refractivity contribution < 1.29 is 13.2 Å². The van der Waals surface area contributed by atoms with Gasteiger partial charge in [0, 0.05) is 50.0 Å². The van der Waals surface area contributed by atoms with Gasteiger partial charge in [-0.25, -0.2) is 18.2 Å². The Morgan fingerprint density at radius 1 is 1.15 bits per heavy atom. The molecule has 1 aliphatic heterocycles. The number of halogens is 1. The molecule has 0 saturated carbocycles. The van der Waals surface area contributed by atoms with Gasteiger partial charge in [-0.2, -0.15) is 4.31 Å². The molecule has 2 N–H and O–H groups in total. The van der Waals surface area contributed by atoms with Gasteiger partial charge < -0.3 is 15.2 Å². The molecule has 2 atom stereocenters. The predicted molar refractivity (Wildman–Crippen MR) is 161 cm³/mol. The van der Waals surface area contributed by atoms with Crippen LogP contribution < -0.4 is 10.6 Å². The summed E-state index contributed by atoms with van der Waals surface area (Å²) in [7, 11) is -1.38. The fraction of sp³-hybridized carbons (Fsp3) is 0.414. The number of aryl methyl sites for hydroxylation is 1. The van der Waals surface area contributed by atoms with Crippen molar-refractivity contribution in [3.63, 3.8) is 0 Å². The van der Waals surface area contributed by atoms with Crippen LogP contribution in [0.4, 0.5) is 4.79 Å². The minimum absolute atomic E-state index is 0.246. The molecule has 10 nitrogen and oxygen atoms in total. The molecule has 3 heterocycles. The molecule has 1 aromatic carbocycles. The van der Waals surface area contributed by atoms with Crippen LogP contribution in [0.3, 0.4) is 0 Å². The zero-order valence-corrected chi connectivity index (χ0v) is 25.5. The lowest BCUT2D eigenvalue weighted by molar-refractivity contribution is 0.154. The summed E-state index contributed by atoms with van der Waals surface area (Å²) in [6.07, 6.45) is 8.56. The van der Waals surface area contributed by atoms with Crippen LogP contribution in [0.15, 0.2) is 49.1 Å². The first-order valence-corrected chi connectivity index (χ1v) is 15.7. The lowest BCUT2D eigenvalue weighted by Crippen LogP contribution is -2.49. The molecule has 5 rings (SSSR count). The number of urea groups is 1. The van der Waals surface area contributed by atoms with Crippen molar-refractivity contribution in [1.82, 2.24) is 34.4 Å². The topological polar surface area (TPSA) is 112 Å². The first-order valence-electron chi connectivity index (χ1n) is 13.5. The van der Waals surface area contributed by atoms with Crippen molar-refractivity contribution in [3.8, 4) is 0 Å². The average Bonchev–Trinajstić information content (AvgIpc) is 3.26. The largest absolute Gasteiger partial charge is 0.336 e. The Morgan fingerprint density at radius 3 is 2.51 bits per heavy atom. The second kappa shape index (κ2) is 11.2. The van der Waals surface area contributed by atoms with Crippen molar-refractivity contribution in [2.45, 2.75) is 38.4 Å². The molecule has 2 amide bonds. The number of carbonyl (C=O) groups is 1. The summed E-state index contributed by atoms with van der Waals surface area (Å²) in [4.78, 5) is 24.7. The zero-order valence-electron chi connectivity index (χ0n) is 23.9. The smallest absolute Gasteiger partial charge is 0.315 e. The number of imidazole rings is 1. The lowest BCUT2D eigenvalue weighted by atomic mass is 9.90. The Morgan fingerprint density at radius 2 is 1.88 bits per heavy atom. The standard InChI is InChI=1S/C29H36ClN7O3S/c1-29(2,3)34-28(38)33-26(24-17-31-18-35(24)4)23-15-19-7-6-10-32-25(19)27(21-9-8-20(30)16-22(21)23)36-11-13-37(14-12-36)41(5,39)40/h6-10,15-18,26-27H,11-14H2,1-5H3,(H2,33,34,38)/t26?,27-/m0/s1. The molecular weight excluding hydrogens is 562 g/mol. The molecule has 218 valence electrons. The van der Waals surface area contributed by atoms with Gasteiger partial charge in [0.05, 0.1) is 42.3 Å². The Bertz CT molecular complexity index is 1590. The molecule has 1 aliphatic carbocycles. The molecule has 0 radical (unpaired) electrons. The number of carbonyl (C=O) groups excluding carboxylic acids is 1. The zero-order chi connectivity index (χ0) is 29.5. The van der Waals surface area contributed by atoms with Crippen molar-refractivity contribution >= 4 is 39.3 Å². The van der Waals surface area contributed by atoms with Gasteiger partial charge in [0.25, 0.3) is 0 Å². The van der Waals surface area contributed by atoms with Gasteiger partial charge in [0.2, 0.25) is 10.0 Å². The molecule has 1 fully saturated rings. The molecule has 0 spiro atoms. The Hall–Kier alpha value is -3.25. The van der Waals surface area contributed by atoms with Crippen LogP contribution in [-0.4, -0.2) is 76.2 Å². The van der Waals surface area contributed by atoms with E-state index in [-0.39, 0.29) is 12.1 Å². The number of pyridine rings is 1. The van der Waals surface area contributed by atoms with Crippen LogP contribution in [0.2, 0.25) is 5.02 Å². The van der Waals surface area contributed by atoms with Gasteiger partial charge in [-0.15, -0.1) is 0 Å². The van der Waals surface area contributed by atoms with Gasteiger partial charge in [-0.1, -0.05) is 23.7 Å². The van der Waals surface area contributed by atoms with E-state index in [0.717, 1.165) is 33.7 Å². The van der Waals surface area contributed by atoms with Crippen LogP contribution in [0.25, 0.3) is 11.6 Å². The number of amides is 2. The number of rotatable bonds is 5. The second-order valence-electron chi connectivity index (χ2n) is 11.6. The summed E-state index contributed by atoms with van der Waals surface area (Å²) in [6, 6.07) is 8.61. The van der Waals surface area contributed by atoms with E-state index in [0.29, 0.717) is 31.2 Å². The van der Waals surface area contributed by atoms with Crippen LogP contribution in [0.1, 0.15) is 60.9 Å². The van der Waals surface area contributed by atoms with Crippen LogP contribution in [0.5, 0.6) is 0 Å². The summed E-state index contributed by atoms with van der Waals surface area (Å²) in [5.41, 5.74) is 4.86. The fourth-order valence-corrected chi connectivity index (χ4v) is 6.55. The number of nitrogens with zero attached hydrogens (tertiary/aromatic N) is 5. The van der Waals surface area contributed by atoms with Gasteiger partial charge >= 0.3 is 6.03 Å². The van der Waals surface area contributed by atoms with Crippen LogP contribution in [0, 0.1) is 0 Å². The number of hydrogen-bond donors (Lipinski definition) is 2. The molecule has 41 heavy (non-hydrogen) atoms. The van der Waals surface area contributed by atoms with E-state index in [1.165, 1.54) is 10.6 Å². The summed E-state index contributed by atoms with van der Waals surface area (Å²) < 4.78 is 27.8. The van der Waals surface area contributed by atoms with E-state index in [2.05, 4.69) is 26.6 Å². The monoisotopic (exact) mass is 597 g/mol. The number of aromatic nitrogens is 3. The second-order valence-corrected chi connectivity index (χ2v) is 14.0. The quantitative estimate of drug-likeness (QED) is 0.462. The van der Waals surface area contributed by atoms with Gasteiger partial charge in [-0.3, -0.25) is 9.88 Å². The summed E-state index contributed by atoms with van der Waals surface area (Å²) in [5.74, 6) is 0. The maximum Gasteiger partial charge on any atom is 0.315 e. The number of benzene rings is 1. The number of nitrogens with one attached hydrogen (secondary N) is 2. The fourth-order valence-electron chi connectivity index (χ4n) is 5.56. The summed E-state index contributed by atoms with van der Waals surface area (Å²) in [5, 5.41) is 6.77. The van der Waals surface area contributed by atoms with E-state index in [1.54, 1.807) is 18.7 Å². The molecule has 2 aromatic heterocycles. The van der Waals surface area contributed by atoms with E-state index < -0.39 is 21.6 Å². The van der Waals surface area contributed by atoms with E-state index >= 15 is 0 Å². The van der Waals surface area contributed by atoms with E-state index in [9.17, 15) is 13.2 Å². The van der Waals surface area contributed by atoms with Crippen LogP contribution >= 0.6 is 11.6 Å². The minimum Gasteiger partial charge on any atom is -0.336 e. The first-order chi connectivity index (χ1) is 19.3.